The van der Waals surface area contributed by atoms with Crippen LogP contribution < -0.4 is 11.1 Å². The summed E-state index contributed by atoms with van der Waals surface area (Å²) < 4.78 is 0. The van der Waals surface area contributed by atoms with Crippen molar-refractivity contribution in [1.29, 1.82) is 0 Å². The quantitative estimate of drug-likeness (QED) is 0.346. The predicted molar refractivity (Wildman–Crippen MR) is 34.0 cm³/mol. The summed E-state index contributed by atoms with van der Waals surface area (Å²) in [5, 5.41) is 10.4. The number of amides is 1. The van der Waals surface area contributed by atoms with Crippen molar-refractivity contribution < 1.29 is 14.7 Å². The van der Waals surface area contributed by atoms with Crippen LogP contribution in [-0.2, 0) is 9.59 Å². The third-order valence-electron chi connectivity index (χ3n) is 1.26. The van der Waals surface area contributed by atoms with Crippen molar-refractivity contribution in [2.75, 3.05) is 0 Å². The minimum absolute atomic E-state index is 0.154. The Morgan fingerprint density at radius 1 is 1.90 bits per heavy atom. The van der Waals surface area contributed by atoms with Crippen LogP contribution in [0.15, 0.2) is 0 Å². The van der Waals surface area contributed by atoms with Crippen LogP contribution in [0.2, 0.25) is 0 Å². The Hall–Kier alpha value is -1.10. The van der Waals surface area contributed by atoms with Gasteiger partial charge in [-0.3, -0.25) is 10.5 Å². The van der Waals surface area contributed by atoms with Crippen molar-refractivity contribution in [1.82, 2.24) is 5.32 Å². The van der Waals surface area contributed by atoms with Gasteiger partial charge in [-0.15, -0.1) is 0 Å². The first-order valence-electron chi connectivity index (χ1n) is 2.80. The van der Waals surface area contributed by atoms with Gasteiger partial charge in [0.15, 0.2) is 5.66 Å². The Morgan fingerprint density at radius 2 is 2.40 bits per heavy atom. The minimum atomic E-state index is -1.61. The van der Waals surface area contributed by atoms with Crippen LogP contribution in [0, 0.1) is 0 Å². The summed E-state index contributed by atoms with van der Waals surface area (Å²) in [5.74, 6) is -1.23. The van der Waals surface area contributed by atoms with E-state index in [2.05, 4.69) is 0 Å². The molecule has 4 N–H and O–H groups in total. The molecule has 10 heavy (non-hydrogen) atoms. The third-order valence-corrected chi connectivity index (χ3v) is 1.26. The van der Waals surface area contributed by atoms with E-state index in [4.69, 9.17) is 10.8 Å². The maximum absolute atomic E-state index is 10.3. The summed E-state index contributed by atoms with van der Waals surface area (Å²) >= 11 is 0. The van der Waals surface area contributed by atoms with Crippen LogP contribution in [0.4, 0.5) is 0 Å². The molecule has 1 unspecified atom stereocenters. The number of aliphatic carboxylic acids is 1. The highest BCUT2D eigenvalue weighted by Crippen LogP contribution is 1.99. The zero-order valence-electron chi connectivity index (χ0n) is 5.63. The molecule has 0 heterocycles. The van der Waals surface area contributed by atoms with Gasteiger partial charge in [0.05, 0.1) is 0 Å². The van der Waals surface area contributed by atoms with Gasteiger partial charge in [0.1, 0.15) is 0 Å². The first kappa shape index (κ1) is 8.90. The van der Waals surface area contributed by atoms with Crippen molar-refractivity contribution in [3.63, 3.8) is 0 Å². The van der Waals surface area contributed by atoms with Crippen LogP contribution in [0.5, 0.6) is 0 Å². The van der Waals surface area contributed by atoms with E-state index in [1.54, 1.807) is 6.92 Å². The molecule has 0 aromatic rings. The normalized spacial score (nSPS) is 15.4. The third kappa shape index (κ3) is 1.70. The Bertz CT molecular complexity index is 148. The lowest BCUT2D eigenvalue weighted by molar-refractivity contribution is -0.146. The Balaban J connectivity index is 4.21. The van der Waals surface area contributed by atoms with Crippen LogP contribution >= 0.6 is 0 Å². The Labute approximate surface area is 58.2 Å². The second-order valence-electron chi connectivity index (χ2n) is 1.89. The molecule has 0 aromatic heterocycles. The van der Waals surface area contributed by atoms with Gasteiger partial charge in [0, 0.05) is 0 Å². The fraction of sp³-hybridized carbons (Fsp3) is 0.600. The van der Waals surface area contributed by atoms with E-state index in [0.29, 0.717) is 0 Å². The number of nitrogens with one attached hydrogen (secondary N) is 1. The highest BCUT2D eigenvalue weighted by atomic mass is 16.4. The van der Waals surface area contributed by atoms with Gasteiger partial charge < -0.3 is 10.4 Å². The molecule has 0 radical (unpaired) electrons. The van der Waals surface area contributed by atoms with E-state index in [1.165, 1.54) is 0 Å². The fourth-order valence-corrected chi connectivity index (χ4v) is 0.420. The highest BCUT2D eigenvalue weighted by Gasteiger charge is 2.30. The predicted octanol–water partition coefficient (Wildman–Crippen LogP) is -1.12. The van der Waals surface area contributed by atoms with Crippen molar-refractivity contribution in [3.05, 3.63) is 0 Å². The molecule has 0 bridgehead atoms. The van der Waals surface area contributed by atoms with E-state index in [1.807, 2.05) is 5.32 Å². The smallest absolute Gasteiger partial charge is 0.344 e. The highest BCUT2D eigenvalue weighted by molar-refractivity contribution is 5.80. The molecule has 0 aliphatic carbocycles. The molecule has 0 spiro atoms. The number of carbonyl (C=O) groups excluding carboxylic acids is 1. The van der Waals surface area contributed by atoms with E-state index >= 15 is 0 Å². The minimum Gasteiger partial charge on any atom is -0.478 e. The number of carbonyl (C=O) groups is 2. The average molecular weight is 146 g/mol. The number of hydrogen-bond donors (Lipinski definition) is 3. The number of rotatable bonds is 4. The number of nitrogens with two attached hydrogens (primary N) is 1. The molecular formula is C5H10N2O3. The standard InChI is InChI=1S/C5H10N2O3/c1-2-5(6,4(9)10)7-3-8/h3H,2,6H2,1H3,(H,7,8)(H,9,10). The van der Waals surface area contributed by atoms with Gasteiger partial charge in [-0.25, -0.2) is 4.79 Å². The van der Waals surface area contributed by atoms with Crippen LogP contribution in [-0.4, -0.2) is 23.1 Å². The van der Waals surface area contributed by atoms with Gasteiger partial charge in [0.2, 0.25) is 6.41 Å². The number of hydrogen-bond acceptors (Lipinski definition) is 3. The Morgan fingerprint density at radius 3 is 2.50 bits per heavy atom. The average Bonchev–Trinajstić information content (AvgIpc) is 1.88. The molecule has 0 saturated heterocycles. The van der Waals surface area contributed by atoms with E-state index in [-0.39, 0.29) is 12.8 Å². The molecular weight excluding hydrogens is 136 g/mol. The van der Waals surface area contributed by atoms with Crippen molar-refractivity contribution >= 4 is 12.4 Å². The van der Waals surface area contributed by atoms with Crippen molar-refractivity contribution in [2.24, 2.45) is 5.73 Å². The summed E-state index contributed by atoms with van der Waals surface area (Å²) in [6.07, 6.45) is 0.429. The second-order valence-corrected chi connectivity index (χ2v) is 1.89. The molecule has 0 aromatic carbocycles. The second kappa shape index (κ2) is 3.17. The van der Waals surface area contributed by atoms with E-state index in [9.17, 15) is 9.59 Å². The summed E-state index contributed by atoms with van der Waals surface area (Å²) in [5.41, 5.74) is 3.60. The van der Waals surface area contributed by atoms with Gasteiger partial charge in [-0.05, 0) is 6.42 Å². The van der Waals surface area contributed by atoms with Gasteiger partial charge in [-0.2, -0.15) is 0 Å². The summed E-state index contributed by atoms with van der Waals surface area (Å²) in [4.78, 5) is 20.1. The van der Waals surface area contributed by atoms with Crippen LogP contribution in [0.3, 0.4) is 0 Å². The Kier molecular flexibility index (Phi) is 2.82. The number of carboxylic acid groups (broad SMARTS) is 1. The molecule has 0 fully saturated rings. The number of carboxylic acids is 1. The van der Waals surface area contributed by atoms with Gasteiger partial charge >= 0.3 is 5.97 Å². The maximum Gasteiger partial charge on any atom is 0.344 e. The van der Waals surface area contributed by atoms with Crippen molar-refractivity contribution in [3.8, 4) is 0 Å². The molecule has 58 valence electrons. The molecule has 0 saturated carbocycles. The summed E-state index contributed by atoms with van der Waals surface area (Å²) in [6, 6.07) is 0. The lowest BCUT2D eigenvalue weighted by Crippen LogP contribution is -2.58. The molecule has 0 aliphatic heterocycles. The molecule has 5 nitrogen and oxygen atoms in total. The molecule has 5 heteroatoms. The van der Waals surface area contributed by atoms with Crippen LogP contribution in [0.25, 0.3) is 0 Å². The summed E-state index contributed by atoms with van der Waals surface area (Å²) in [7, 11) is 0. The largest absolute Gasteiger partial charge is 0.478 e. The fourth-order valence-electron chi connectivity index (χ4n) is 0.420. The lowest BCUT2D eigenvalue weighted by atomic mass is 10.1. The lowest BCUT2D eigenvalue weighted by Gasteiger charge is -2.20. The van der Waals surface area contributed by atoms with Crippen LogP contribution in [0.1, 0.15) is 13.3 Å². The topological polar surface area (TPSA) is 92.4 Å². The van der Waals surface area contributed by atoms with E-state index < -0.39 is 11.6 Å². The zero-order chi connectivity index (χ0) is 8.20. The van der Waals surface area contributed by atoms with E-state index in [0.717, 1.165) is 0 Å². The molecule has 0 rings (SSSR count). The first-order chi connectivity index (χ1) is 4.56. The first-order valence-corrected chi connectivity index (χ1v) is 2.80. The SMILES string of the molecule is CCC(N)(NC=O)C(=O)O. The summed E-state index contributed by atoms with van der Waals surface area (Å²) in [6.45, 7) is 1.57. The van der Waals surface area contributed by atoms with Gasteiger partial charge in [-0.1, -0.05) is 6.92 Å². The molecule has 0 aliphatic rings. The molecule has 1 atom stereocenters. The molecule has 1 amide bonds. The monoisotopic (exact) mass is 146 g/mol. The maximum atomic E-state index is 10.3. The van der Waals surface area contributed by atoms with Crippen molar-refractivity contribution in [2.45, 2.75) is 19.0 Å². The van der Waals surface area contributed by atoms with Gasteiger partial charge in [0.25, 0.3) is 0 Å². The zero-order valence-corrected chi connectivity index (χ0v) is 5.63.